The summed E-state index contributed by atoms with van der Waals surface area (Å²) < 4.78 is 0. The van der Waals surface area contributed by atoms with Crippen molar-refractivity contribution in [1.82, 2.24) is 0 Å². The van der Waals surface area contributed by atoms with Gasteiger partial charge in [0.2, 0.25) is 0 Å². The molecule has 0 bridgehead atoms. The molecule has 3 N–H and O–H groups in total. The van der Waals surface area contributed by atoms with Gasteiger partial charge in [-0.3, -0.25) is 4.79 Å². The number of anilines is 2. The molecular weight excluding hydrogens is 264 g/mol. The highest BCUT2D eigenvalue weighted by Crippen LogP contribution is 2.31. The highest BCUT2D eigenvalue weighted by atomic mass is 16.3. The third-order valence-corrected chi connectivity index (χ3v) is 3.93. The Bertz CT molecular complexity index is 710. The minimum Gasteiger partial charge on any atom is -0.508 e. The van der Waals surface area contributed by atoms with E-state index in [1.807, 2.05) is 18.2 Å². The Morgan fingerprint density at radius 2 is 2.05 bits per heavy atom. The SMILES string of the molecule is Cc1ccc(C(=O)N2CCCc3ccc(N)cc32)cc1O. The summed E-state index contributed by atoms with van der Waals surface area (Å²) in [6.07, 6.45) is 1.89. The summed E-state index contributed by atoms with van der Waals surface area (Å²) in [5.41, 5.74) is 9.77. The molecule has 4 heteroatoms. The van der Waals surface area contributed by atoms with Crippen LogP contribution in [0.25, 0.3) is 0 Å². The summed E-state index contributed by atoms with van der Waals surface area (Å²) in [7, 11) is 0. The van der Waals surface area contributed by atoms with Crippen LogP contribution in [0.4, 0.5) is 11.4 Å². The molecule has 0 aliphatic carbocycles. The second-order valence-electron chi connectivity index (χ2n) is 5.45. The maximum absolute atomic E-state index is 12.7. The fourth-order valence-corrected chi connectivity index (χ4v) is 2.70. The van der Waals surface area contributed by atoms with E-state index in [9.17, 15) is 9.90 Å². The normalized spacial score (nSPS) is 13.9. The van der Waals surface area contributed by atoms with Gasteiger partial charge in [0.05, 0.1) is 0 Å². The molecule has 4 nitrogen and oxygen atoms in total. The maximum Gasteiger partial charge on any atom is 0.258 e. The van der Waals surface area contributed by atoms with Crippen LogP contribution in [0.15, 0.2) is 36.4 Å². The monoisotopic (exact) mass is 282 g/mol. The highest BCUT2D eigenvalue weighted by Gasteiger charge is 2.24. The summed E-state index contributed by atoms with van der Waals surface area (Å²) in [6.45, 7) is 2.48. The zero-order chi connectivity index (χ0) is 15.0. The number of nitrogens with two attached hydrogens (primary N) is 1. The number of fused-ring (bicyclic) bond motifs is 1. The second kappa shape index (κ2) is 5.13. The van der Waals surface area contributed by atoms with Gasteiger partial charge >= 0.3 is 0 Å². The van der Waals surface area contributed by atoms with Crippen LogP contribution in [0.1, 0.15) is 27.9 Å². The molecule has 21 heavy (non-hydrogen) atoms. The lowest BCUT2D eigenvalue weighted by molar-refractivity contribution is 0.0984. The average molecular weight is 282 g/mol. The van der Waals surface area contributed by atoms with Crippen LogP contribution in [0, 0.1) is 6.92 Å². The van der Waals surface area contributed by atoms with Gasteiger partial charge in [-0.25, -0.2) is 0 Å². The Morgan fingerprint density at radius 3 is 2.81 bits per heavy atom. The van der Waals surface area contributed by atoms with Crippen LogP contribution >= 0.6 is 0 Å². The number of nitrogen functional groups attached to an aromatic ring is 1. The number of hydrogen-bond donors (Lipinski definition) is 2. The number of rotatable bonds is 1. The van der Waals surface area contributed by atoms with Crippen molar-refractivity contribution in [3.8, 4) is 5.75 Å². The second-order valence-corrected chi connectivity index (χ2v) is 5.45. The van der Waals surface area contributed by atoms with Crippen LogP contribution in [0.3, 0.4) is 0 Å². The summed E-state index contributed by atoms with van der Waals surface area (Å²) in [5, 5.41) is 9.80. The molecule has 1 amide bonds. The molecule has 0 saturated carbocycles. The Hall–Kier alpha value is -2.49. The van der Waals surface area contributed by atoms with Gasteiger partial charge in [0.15, 0.2) is 0 Å². The molecule has 0 saturated heterocycles. The van der Waals surface area contributed by atoms with Crippen molar-refractivity contribution in [1.29, 1.82) is 0 Å². The van der Waals surface area contributed by atoms with Gasteiger partial charge in [-0.1, -0.05) is 12.1 Å². The number of hydrogen-bond acceptors (Lipinski definition) is 3. The molecule has 1 heterocycles. The molecule has 0 radical (unpaired) electrons. The van der Waals surface area contributed by atoms with Crippen LogP contribution in [0.5, 0.6) is 5.75 Å². The third kappa shape index (κ3) is 2.44. The zero-order valence-electron chi connectivity index (χ0n) is 12.0. The molecule has 3 rings (SSSR count). The van der Waals surface area contributed by atoms with Crippen molar-refractivity contribution < 1.29 is 9.90 Å². The third-order valence-electron chi connectivity index (χ3n) is 3.93. The number of carbonyl (C=O) groups excluding carboxylic acids is 1. The maximum atomic E-state index is 12.7. The molecule has 2 aromatic carbocycles. The summed E-state index contributed by atoms with van der Waals surface area (Å²) in [5.74, 6) is 0.0440. The Kier molecular flexibility index (Phi) is 3.29. The van der Waals surface area contributed by atoms with E-state index in [0.29, 0.717) is 17.8 Å². The molecular formula is C17H18N2O2. The van der Waals surface area contributed by atoms with E-state index < -0.39 is 0 Å². The summed E-state index contributed by atoms with van der Waals surface area (Å²) in [6, 6.07) is 10.7. The van der Waals surface area contributed by atoms with E-state index in [0.717, 1.165) is 29.7 Å². The lowest BCUT2D eigenvalue weighted by atomic mass is 10.00. The quantitative estimate of drug-likeness (QED) is 0.790. The zero-order valence-corrected chi connectivity index (χ0v) is 12.0. The van der Waals surface area contributed by atoms with Gasteiger partial charge < -0.3 is 15.7 Å². The topological polar surface area (TPSA) is 66.6 Å². The number of phenolic OH excluding ortho intramolecular Hbond substituents is 1. The van der Waals surface area contributed by atoms with Gasteiger partial charge in [0.25, 0.3) is 5.91 Å². The van der Waals surface area contributed by atoms with Crippen LogP contribution in [-0.2, 0) is 6.42 Å². The fraction of sp³-hybridized carbons (Fsp3) is 0.235. The van der Waals surface area contributed by atoms with Crippen LogP contribution in [-0.4, -0.2) is 17.6 Å². The van der Waals surface area contributed by atoms with E-state index in [1.54, 1.807) is 24.0 Å². The van der Waals surface area contributed by atoms with Crippen LogP contribution < -0.4 is 10.6 Å². The largest absolute Gasteiger partial charge is 0.508 e. The first-order valence-electron chi connectivity index (χ1n) is 7.06. The van der Waals surface area contributed by atoms with Crippen molar-refractivity contribution in [2.75, 3.05) is 17.2 Å². The number of aromatic hydroxyl groups is 1. The predicted octanol–water partition coefficient (Wildman–Crippen LogP) is 2.88. The van der Waals surface area contributed by atoms with E-state index in [1.165, 1.54) is 6.07 Å². The fourth-order valence-electron chi connectivity index (χ4n) is 2.70. The van der Waals surface area contributed by atoms with E-state index in [-0.39, 0.29) is 11.7 Å². The Labute approximate surface area is 123 Å². The van der Waals surface area contributed by atoms with Gasteiger partial charge in [0, 0.05) is 23.5 Å². The molecule has 108 valence electrons. The van der Waals surface area contributed by atoms with E-state index >= 15 is 0 Å². The van der Waals surface area contributed by atoms with Gasteiger partial charge in [-0.15, -0.1) is 0 Å². The first-order chi connectivity index (χ1) is 10.1. The number of carbonyl (C=O) groups is 1. The number of aryl methyl sites for hydroxylation is 2. The minimum absolute atomic E-state index is 0.100. The first-order valence-corrected chi connectivity index (χ1v) is 7.06. The first kappa shape index (κ1) is 13.5. The Balaban J connectivity index is 1.99. The average Bonchev–Trinajstić information content (AvgIpc) is 2.48. The Morgan fingerprint density at radius 1 is 1.24 bits per heavy atom. The summed E-state index contributed by atoms with van der Waals surface area (Å²) >= 11 is 0. The minimum atomic E-state index is -0.100. The number of phenols is 1. The van der Waals surface area contributed by atoms with E-state index in [2.05, 4.69) is 0 Å². The van der Waals surface area contributed by atoms with E-state index in [4.69, 9.17) is 5.73 Å². The standard InChI is InChI=1S/C17H18N2O2/c1-11-4-5-13(9-16(11)20)17(21)19-8-2-3-12-6-7-14(18)10-15(12)19/h4-7,9-10,20H,2-3,8,18H2,1H3. The van der Waals surface area contributed by atoms with Gasteiger partial charge in [-0.2, -0.15) is 0 Å². The van der Waals surface area contributed by atoms with Gasteiger partial charge in [-0.05, 0) is 55.2 Å². The molecule has 0 fully saturated rings. The molecule has 0 aromatic heterocycles. The summed E-state index contributed by atoms with van der Waals surface area (Å²) in [4.78, 5) is 14.5. The smallest absolute Gasteiger partial charge is 0.258 e. The number of nitrogens with zero attached hydrogens (tertiary/aromatic N) is 1. The molecule has 1 aliphatic heterocycles. The van der Waals surface area contributed by atoms with Crippen molar-refractivity contribution in [2.45, 2.75) is 19.8 Å². The van der Waals surface area contributed by atoms with Crippen molar-refractivity contribution in [2.24, 2.45) is 0 Å². The molecule has 0 atom stereocenters. The molecule has 0 unspecified atom stereocenters. The molecule has 0 spiro atoms. The molecule has 1 aliphatic rings. The number of benzene rings is 2. The van der Waals surface area contributed by atoms with Crippen LogP contribution in [0.2, 0.25) is 0 Å². The lowest BCUT2D eigenvalue weighted by Crippen LogP contribution is -2.35. The van der Waals surface area contributed by atoms with Crippen molar-refractivity contribution >= 4 is 17.3 Å². The van der Waals surface area contributed by atoms with Gasteiger partial charge in [0.1, 0.15) is 5.75 Å². The number of amides is 1. The molecule has 2 aromatic rings. The highest BCUT2D eigenvalue weighted by molar-refractivity contribution is 6.07. The van der Waals surface area contributed by atoms with Crippen molar-refractivity contribution in [3.63, 3.8) is 0 Å². The van der Waals surface area contributed by atoms with Crippen molar-refractivity contribution in [3.05, 3.63) is 53.1 Å². The lowest BCUT2D eigenvalue weighted by Gasteiger charge is -2.30. The predicted molar refractivity (Wildman–Crippen MR) is 83.7 cm³/mol.